The molecule has 1 aliphatic rings. The fourth-order valence-electron chi connectivity index (χ4n) is 3.24. The summed E-state index contributed by atoms with van der Waals surface area (Å²) < 4.78 is 5.03. The zero-order valence-corrected chi connectivity index (χ0v) is 14.8. The number of hydrogen-bond donors (Lipinski definition) is 1. The predicted octanol–water partition coefficient (Wildman–Crippen LogP) is 2.55. The van der Waals surface area contributed by atoms with Crippen LogP contribution in [0.15, 0.2) is 35.7 Å². The molecule has 3 rings (SSSR count). The molecular formula is C18H20N2O4S. The molecule has 0 spiro atoms. The van der Waals surface area contributed by atoms with Crippen molar-refractivity contribution in [2.45, 2.75) is 24.9 Å². The number of carboxylic acids is 1. The second kappa shape index (κ2) is 7.33. The molecule has 1 saturated heterocycles. The Balaban J connectivity index is 1.73. The molecule has 0 unspecified atom stereocenters. The third-order valence-corrected chi connectivity index (χ3v) is 5.50. The number of likely N-dealkylation sites (tertiary alicyclic amines) is 1. The summed E-state index contributed by atoms with van der Waals surface area (Å²) in [4.78, 5) is 30.6. The van der Waals surface area contributed by atoms with E-state index in [0.29, 0.717) is 38.2 Å². The Kier molecular flexibility index (Phi) is 5.15. The minimum absolute atomic E-state index is 0.148. The fourth-order valence-corrected chi connectivity index (χ4v) is 3.97. The Morgan fingerprint density at radius 1 is 1.28 bits per heavy atom. The number of ether oxygens (including phenoxy) is 1. The molecule has 6 nitrogen and oxygen atoms in total. The molecule has 0 atom stereocenters. The molecule has 2 aromatic rings. The second-order valence-electron chi connectivity index (χ2n) is 6.10. The number of aromatic nitrogens is 1. The molecule has 25 heavy (non-hydrogen) atoms. The van der Waals surface area contributed by atoms with Gasteiger partial charge in [0.05, 0.1) is 12.0 Å². The van der Waals surface area contributed by atoms with E-state index in [1.807, 2.05) is 30.3 Å². The van der Waals surface area contributed by atoms with Gasteiger partial charge in [0, 0.05) is 25.6 Å². The first-order valence-electron chi connectivity index (χ1n) is 8.08. The average molecular weight is 360 g/mol. The van der Waals surface area contributed by atoms with Gasteiger partial charge in [-0.15, -0.1) is 11.3 Å². The van der Waals surface area contributed by atoms with Crippen LogP contribution in [0.5, 0.6) is 0 Å². The van der Waals surface area contributed by atoms with Crippen molar-refractivity contribution in [2.75, 3.05) is 20.2 Å². The van der Waals surface area contributed by atoms with Crippen LogP contribution in [0, 0.1) is 0 Å². The van der Waals surface area contributed by atoms with Crippen LogP contribution in [0.1, 0.15) is 33.9 Å². The Bertz CT molecular complexity index is 751. The maximum absolute atomic E-state index is 12.6. The molecule has 2 heterocycles. The zero-order chi connectivity index (χ0) is 17.9. The molecule has 1 aromatic heterocycles. The van der Waals surface area contributed by atoms with Gasteiger partial charge in [-0.2, -0.15) is 0 Å². The largest absolute Gasteiger partial charge is 0.481 e. The molecule has 0 bridgehead atoms. The van der Waals surface area contributed by atoms with Crippen molar-refractivity contribution in [1.82, 2.24) is 9.88 Å². The first-order chi connectivity index (χ1) is 12.1. The number of carboxylic acid groups (broad SMARTS) is 1. The fraction of sp³-hybridized carbons (Fsp3) is 0.389. The molecular weight excluding hydrogens is 340 g/mol. The summed E-state index contributed by atoms with van der Waals surface area (Å²) in [5.41, 5.74) is 0.270. The van der Waals surface area contributed by atoms with Crippen LogP contribution >= 0.6 is 11.3 Å². The lowest BCUT2D eigenvalue weighted by atomic mass is 9.73. The number of carbonyl (C=O) groups is 2. The third-order valence-electron chi connectivity index (χ3n) is 4.68. The number of methoxy groups -OCH3 is 1. The van der Waals surface area contributed by atoms with E-state index in [1.165, 1.54) is 11.3 Å². The summed E-state index contributed by atoms with van der Waals surface area (Å²) in [6, 6.07) is 9.28. The molecule has 1 amide bonds. The van der Waals surface area contributed by atoms with Gasteiger partial charge in [0.25, 0.3) is 5.91 Å². The first-order valence-corrected chi connectivity index (χ1v) is 8.96. The monoisotopic (exact) mass is 360 g/mol. The SMILES string of the molecule is COCc1nc(C(=O)N2CCC(C(=O)O)(c3ccccc3)CC2)cs1. The highest BCUT2D eigenvalue weighted by molar-refractivity contribution is 7.09. The van der Waals surface area contributed by atoms with E-state index in [-0.39, 0.29) is 5.91 Å². The molecule has 1 fully saturated rings. The van der Waals surface area contributed by atoms with Gasteiger partial charge in [-0.05, 0) is 18.4 Å². The van der Waals surface area contributed by atoms with Crippen LogP contribution in [-0.4, -0.2) is 47.1 Å². The van der Waals surface area contributed by atoms with Crippen molar-refractivity contribution >= 4 is 23.2 Å². The third kappa shape index (κ3) is 3.43. The van der Waals surface area contributed by atoms with Gasteiger partial charge >= 0.3 is 5.97 Å². The van der Waals surface area contributed by atoms with Gasteiger partial charge < -0.3 is 14.7 Å². The summed E-state index contributed by atoms with van der Waals surface area (Å²) in [5, 5.41) is 12.3. The Labute approximate surface area is 150 Å². The summed E-state index contributed by atoms with van der Waals surface area (Å²) >= 11 is 1.39. The minimum Gasteiger partial charge on any atom is -0.481 e. The quantitative estimate of drug-likeness (QED) is 0.886. The highest BCUT2D eigenvalue weighted by Crippen LogP contribution is 2.36. The van der Waals surface area contributed by atoms with Gasteiger partial charge in [-0.25, -0.2) is 4.98 Å². The van der Waals surface area contributed by atoms with E-state index in [4.69, 9.17) is 4.74 Å². The highest BCUT2D eigenvalue weighted by Gasteiger charge is 2.44. The number of carbonyl (C=O) groups excluding carboxylic acids is 1. The number of thiazole rings is 1. The number of rotatable bonds is 5. The van der Waals surface area contributed by atoms with Crippen LogP contribution in [-0.2, 0) is 21.6 Å². The molecule has 0 aliphatic carbocycles. The topological polar surface area (TPSA) is 79.7 Å². The van der Waals surface area contributed by atoms with Crippen LogP contribution in [0.2, 0.25) is 0 Å². The number of aliphatic carboxylic acids is 1. The van der Waals surface area contributed by atoms with E-state index >= 15 is 0 Å². The number of hydrogen-bond acceptors (Lipinski definition) is 5. The van der Waals surface area contributed by atoms with Crippen LogP contribution < -0.4 is 0 Å². The van der Waals surface area contributed by atoms with Gasteiger partial charge in [-0.1, -0.05) is 30.3 Å². The second-order valence-corrected chi connectivity index (χ2v) is 7.05. The van der Waals surface area contributed by atoms with Crippen molar-refractivity contribution in [2.24, 2.45) is 0 Å². The molecule has 1 N–H and O–H groups in total. The lowest BCUT2D eigenvalue weighted by Crippen LogP contribution is -2.49. The summed E-state index contributed by atoms with van der Waals surface area (Å²) in [5.74, 6) is -0.979. The zero-order valence-electron chi connectivity index (χ0n) is 14.0. The predicted molar refractivity (Wildman–Crippen MR) is 93.7 cm³/mol. The standard InChI is InChI=1S/C18H20N2O4S/c1-24-11-15-19-14(12-25-15)16(21)20-9-7-18(8-10-20,17(22)23)13-5-3-2-4-6-13/h2-6,12H,7-11H2,1H3,(H,22,23). The lowest BCUT2D eigenvalue weighted by Gasteiger charge is -2.39. The van der Waals surface area contributed by atoms with E-state index in [9.17, 15) is 14.7 Å². The van der Waals surface area contributed by atoms with Crippen LogP contribution in [0.25, 0.3) is 0 Å². The van der Waals surface area contributed by atoms with Crippen molar-refractivity contribution in [3.63, 3.8) is 0 Å². The van der Waals surface area contributed by atoms with Crippen molar-refractivity contribution < 1.29 is 19.4 Å². The van der Waals surface area contributed by atoms with Gasteiger partial charge in [0.1, 0.15) is 10.7 Å². The maximum atomic E-state index is 12.6. The number of piperidine rings is 1. The van der Waals surface area contributed by atoms with Gasteiger partial charge in [-0.3, -0.25) is 9.59 Å². The van der Waals surface area contributed by atoms with E-state index < -0.39 is 11.4 Å². The molecule has 1 aliphatic heterocycles. The van der Waals surface area contributed by atoms with Gasteiger partial charge in [0.2, 0.25) is 0 Å². The molecule has 1 aromatic carbocycles. The summed E-state index contributed by atoms with van der Waals surface area (Å²) in [7, 11) is 1.59. The molecule has 0 saturated carbocycles. The number of nitrogens with zero attached hydrogens (tertiary/aromatic N) is 2. The van der Waals surface area contributed by atoms with Crippen molar-refractivity contribution in [3.8, 4) is 0 Å². The maximum Gasteiger partial charge on any atom is 0.314 e. The first kappa shape index (κ1) is 17.6. The highest BCUT2D eigenvalue weighted by atomic mass is 32.1. The lowest BCUT2D eigenvalue weighted by molar-refractivity contribution is -0.145. The number of benzene rings is 1. The van der Waals surface area contributed by atoms with Crippen molar-refractivity contribution in [3.05, 3.63) is 52.0 Å². The minimum atomic E-state index is -0.929. The normalized spacial score (nSPS) is 16.6. The van der Waals surface area contributed by atoms with E-state index in [2.05, 4.69) is 4.98 Å². The van der Waals surface area contributed by atoms with Crippen LogP contribution in [0.3, 0.4) is 0 Å². The van der Waals surface area contributed by atoms with E-state index in [1.54, 1.807) is 17.4 Å². The van der Waals surface area contributed by atoms with Crippen LogP contribution in [0.4, 0.5) is 0 Å². The molecule has 132 valence electrons. The molecule has 0 radical (unpaired) electrons. The number of amides is 1. The van der Waals surface area contributed by atoms with E-state index in [0.717, 1.165) is 10.6 Å². The summed E-state index contributed by atoms with van der Waals surface area (Å²) in [6.07, 6.45) is 0.792. The Morgan fingerprint density at radius 2 is 1.96 bits per heavy atom. The van der Waals surface area contributed by atoms with Gasteiger partial charge in [0.15, 0.2) is 0 Å². The smallest absolute Gasteiger partial charge is 0.314 e. The summed E-state index contributed by atoms with van der Waals surface area (Å²) in [6.45, 7) is 1.18. The molecule has 7 heteroatoms. The average Bonchev–Trinajstić information content (AvgIpc) is 3.11. The Morgan fingerprint density at radius 3 is 2.56 bits per heavy atom. The van der Waals surface area contributed by atoms with Crippen molar-refractivity contribution in [1.29, 1.82) is 0 Å². The Hall–Kier alpha value is -2.25.